The van der Waals surface area contributed by atoms with Crippen molar-refractivity contribution in [3.05, 3.63) is 23.8 Å². The fourth-order valence-electron chi connectivity index (χ4n) is 2.64. The summed E-state index contributed by atoms with van der Waals surface area (Å²) in [5, 5.41) is 18.1. The second-order valence-electron chi connectivity index (χ2n) is 5.04. The van der Waals surface area contributed by atoms with E-state index < -0.39 is 5.97 Å². The molecule has 0 aromatic heterocycles. The molecule has 1 heterocycles. The number of hydrogen-bond donors (Lipinski definition) is 3. The molecule has 5 heteroatoms. The Balaban J connectivity index is 2.17. The normalized spacial score (nSPS) is 19.4. The van der Waals surface area contributed by atoms with Crippen molar-refractivity contribution in [2.75, 3.05) is 30.3 Å². The van der Waals surface area contributed by atoms with Crippen molar-refractivity contribution in [3.8, 4) is 0 Å². The summed E-state index contributed by atoms with van der Waals surface area (Å²) in [5.74, 6) is -0.521. The highest BCUT2D eigenvalue weighted by molar-refractivity contribution is 5.94. The van der Waals surface area contributed by atoms with E-state index in [0.29, 0.717) is 11.6 Å². The Morgan fingerprint density at radius 3 is 2.95 bits per heavy atom. The second-order valence-corrected chi connectivity index (χ2v) is 5.04. The maximum absolute atomic E-state index is 11.1. The summed E-state index contributed by atoms with van der Waals surface area (Å²) >= 11 is 0. The molecule has 2 rings (SSSR count). The molecule has 0 amide bonds. The minimum Gasteiger partial charge on any atom is -0.478 e. The van der Waals surface area contributed by atoms with Crippen LogP contribution in [0.4, 0.5) is 11.4 Å². The van der Waals surface area contributed by atoms with Crippen LogP contribution in [0, 0.1) is 5.92 Å². The topological polar surface area (TPSA) is 86.8 Å². The van der Waals surface area contributed by atoms with Crippen LogP contribution in [-0.4, -0.2) is 35.9 Å². The Morgan fingerprint density at radius 1 is 1.47 bits per heavy atom. The first kappa shape index (κ1) is 13.7. The van der Waals surface area contributed by atoms with Gasteiger partial charge in [0.1, 0.15) is 0 Å². The molecule has 1 unspecified atom stereocenters. The smallest absolute Gasteiger partial charge is 0.337 e. The van der Waals surface area contributed by atoms with E-state index in [-0.39, 0.29) is 12.2 Å². The number of nitrogens with zero attached hydrogens (tertiary/aromatic N) is 1. The van der Waals surface area contributed by atoms with Crippen LogP contribution in [0.5, 0.6) is 0 Å². The van der Waals surface area contributed by atoms with Gasteiger partial charge in [-0.15, -0.1) is 0 Å². The van der Waals surface area contributed by atoms with Gasteiger partial charge in [0.25, 0.3) is 0 Å². The molecule has 1 aromatic carbocycles. The number of rotatable bonds is 4. The first-order valence-electron chi connectivity index (χ1n) is 6.60. The Morgan fingerprint density at radius 2 is 2.26 bits per heavy atom. The largest absolute Gasteiger partial charge is 0.478 e. The Hall–Kier alpha value is -1.75. The van der Waals surface area contributed by atoms with E-state index in [9.17, 15) is 4.79 Å². The summed E-state index contributed by atoms with van der Waals surface area (Å²) in [7, 11) is 0. The number of aliphatic hydroxyl groups is 1. The fraction of sp³-hybridized carbons (Fsp3) is 0.500. The second kappa shape index (κ2) is 5.93. The number of nitrogens with two attached hydrogens (primary N) is 1. The molecule has 1 atom stereocenters. The van der Waals surface area contributed by atoms with E-state index >= 15 is 0 Å². The average Bonchev–Trinajstić information content (AvgIpc) is 2.39. The maximum atomic E-state index is 11.1. The lowest BCUT2D eigenvalue weighted by atomic mass is 9.94. The number of carboxylic acids is 1. The van der Waals surface area contributed by atoms with Crippen LogP contribution in [-0.2, 0) is 0 Å². The fourth-order valence-corrected chi connectivity index (χ4v) is 2.64. The molecule has 1 aliphatic rings. The van der Waals surface area contributed by atoms with Gasteiger partial charge in [-0.2, -0.15) is 0 Å². The van der Waals surface area contributed by atoms with Crippen molar-refractivity contribution < 1.29 is 15.0 Å². The Bertz CT molecular complexity index is 460. The number of anilines is 2. The van der Waals surface area contributed by atoms with Crippen molar-refractivity contribution in [2.45, 2.75) is 19.3 Å². The van der Waals surface area contributed by atoms with E-state index in [2.05, 4.69) is 4.90 Å². The van der Waals surface area contributed by atoms with Crippen LogP contribution < -0.4 is 10.6 Å². The highest BCUT2D eigenvalue weighted by atomic mass is 16.4. The zero-order chi connectivity index (χ0) is 13.8. The van der Waals surface area contributed by atoms with E-state index in [1.165, 1.54) is 0 Å². The number of hydrogen-bond acceptors (Lipinski definition) is 4. The molecule has 0 radical (unpaired) electrons. The van der Waals surface area contributed by atoms with E-state index in [0.717, 1.165) is 38.0 Å². The summed E-state index contributed by atoms with van der Waals surface area (Å²) in [4.78, 5) is 13.3. The van der Waals surface area contributed by atoms with Crippen LogP contribution in [0.3, 0.4) is 0 Å². The molecular weight excluding hydrogens is 244 g/mol. The minimum atomic E-state index is -0.997. The van der Waals surface area contributed by atoms with Crippen LogP contribution in [0.25, 0.3) is 0 Å². The molecule has 1 saturated heterocycles. The molecule has 1 fully saturated rings. The Kier molecular flexibility index (Phi) is 4.27. The van der Waals surface area contributed by atoms with Gasteiger partial charge in [-0.3, -0.25) is 0 Å². The highest BCUT2D eigenvalue weighted by Crippen LogP contribution is 2.27. The monoisotopic (exact) mass is 264 g/mol. The third kappa shape index (κ3) is 3.17. The van der Waals surface area contributed by atoms with Crippen molar-refractivity contribution in [1.82, 2.24) is 0 Å². The molecule has 19 heavy (non-hydrogen) atoms. The standard InChI is InChI=1S/C14H20N2O3/c15-13-4-3-11(8-12(13)14(18)19)16-6-1-2-10(9-16)5-7-17/h3-4,8,10,17H,1-2,5-7,9,15H2,(H,18,19). The molecule has 0 aliphatic carbocycles. The summed E-state index contributed by atoms with van der Waals surface area (Å²) in [6.45, 7) is 2.00. The lowest BCUT2D eigenvalue weighted by Gasteiger charge is -2.34. The third-order valence-corrected chi connectivity index (χ3v) is 3.69. The molecule has 104 valence electrons. The van der Waals surface area contributed by atoms with Gasteiger partial charge in [-0.05, 0) is 43.4 Å². The third-order valence-electron chi connectivity index (χ3n) is 3.69. The number of piperidine rings is 1. The highest BCUT2D eigenvalue weighted by Gasteiger charge is 2.21. The average molecular weight is 264 g/mol. The number of carboxylic acid groups (broad SMARTS) is 1. The lowest BCUT2D eigenvalue weighted by Crippen LogP contribution is -2.35. The zero-order valence-electron chi connectivity index (χ0n) is 10.9. The number of carbonyl (C=O) groups is 1. The summed E-state index contributed by atoms with van der Waals surface area (Å²) in [6.07, 6.45) is 2.99. The SMILES string of the molecule is Nc1ccc(N2CCCC(CCO)C2)cc1C(=O)O. The van der Waals surface area contributed by atoms with Crippen molar-refractivity contribution in [2.24, 2.45) is 5.92 Å². The molecule has 4 N–H and O–H groups in total. The van der Waals surface area contributed by atoms with Gasteiger partial charge in [0.2, 0.25) is 0 Å². The number of nitrogen functional groups attached to an aromatic ring is 1. The quantitative estimate of drug-likeness (QED) is 0.718. The van der Waals surface area contributed by atoms with Crippen molar-refractivity contribution >= 4 is 17.3 Å². The maximum Gasteiger partial charge on any atom is 0.337 e. The van der Waals surface area contributed by atoms with Crippen LogP contribution in [0.15, 0.2) is 18.2 Å². The van der Waals surface area contributed by atoms with Crippen molar-refractivity contribution in [1.29, 1.82) is 0 Å². The van der Waals surface area contributed by atoms with E-state index in [1.807, 2.05) is 6.07 Å². The van der Waals surface area contributed by atoms with E-state index in [4.69, 9.17) is 15.9 Å². The summed E-state index contributed by atoms with van der Waals surface area (Å²) in [5.41, 5.74) is 7.01. The summed E-state index contributed by atoms with van der Waals surface area (Å²) in [6, 6.07) is 5.15. The molecule has 5 nitrogen and oxygen atoms in total. The van der Waals surface area contributed by atoms with Gasteiger partial charge >= 0.3 is 5.97 Å². The molecule has 1 aromatic rings. The number of aliphatic hydroxyl groups excluding tert-OH is 1. The first-order valence-corrected chi connectivity index (χ1v) is 6.60. The lowest BCUT2D eigenvalue weighted by molar-refractivity contribution is 0.0698. The van der Waals surface area contributed by atoms with Gasteiger partial charge in [0.05, 0.1) is 5.56 Å². The van der Waals surface area contributed by atoms with Gasteiger partial charge in [0, 0.05) is 31.1 Å². The number of aromatic carboxylic acids is 1. The van der Waals surface area contributed by atoms with E-state index in [1.54, 1.807) is 12.1 Å². The number of benzene rings is 1. The minimum absolute atomic E-state index is 0.154. The predicted molar refractivity (Wildman–Crippen MR) is 74.5 cm³/mol. The molecule has 0 bridgehead atoms. The molecule has 1 aliphatic heterocycles. The zero-order valence-corrected chi connectivity index (χ0v) is 10.9. The molecule has 0 spiro atoms. The molecular formula is C14H20N2O3. The van der Waals surface area contributed by atoms with Gasteiger partial charge in [-0.25, -0.2) is 4.79 Å². The van der Waals surface area contributed by atoms with Gasteiger partial charge < -0.3 is 20.8 Å². The summed E-state index contributed by atoms with van der Waals surface area (Å²) < 4.78 is 0. The first-order chi connectivity index (χ1) is 9.11. The van der Waals surface area contributed by atoms with Crippen LogP contribution in [0.1, 0.15) is 29.6 Å². The van der Waals surface area contributed by atoms with Gasteiger partial charge in [-0.1, -0.05) is 0 Å². The molecule has 0 saturated carbocycles. The van der Waals surface area contributed by atoms with Crippen LogP contribution in [0.2, 0.25) is 0 Å². The predicted octanol–water partition coefficient (Wildman–Crippen LogP) is 1.57. The Labute approximate surface area is 112 Å². The van der Waals surface area contributed by atoms with Crippen molar-refractivity contribution in [3.63, 3.8) is 0 Å². The van der Waals surface area contributed by atoms with Gasteiger partial charge in [0.15, 0.2) is 0 Å². The van der Waals surface area contributed by atoms with Crippen LogP contribution >= 0.6 is 0 Å².